The zero-order valence-electron chi connectivity index (χ0n) is 18.6. The third-order valence-corrected chi connectivity index (χ3v) is 5.62. The molecule has 0 spiro atoms. The van der Waals surface area contributed by atoms with E-state index in [2.05, 4.69) is 19.1 Å². The second-order valence-corrected chi connectivity index (χ2v) is 8.21. The number of ether oxygens (including phenoxy) is 5. The van der Waals surface area contributed by atoms with Gasteiger partial charge in [-0.25, -0.2) is 0 Å². The first-order valence-corrected chi connectivity index (χ1v) is 10.9. The predicted octanol–water partition coefficient (Wildman–Crippen LogP) is 4.38. The Morgan fingerprint density at radius 2 is 1.72 bits per heavy atom. The molecule has 170 valence electrons. The summed E-state index contributed by atoms with van der Waals surface area (Å²) in [5.41, 5.74) is 4.38. The Morgan fingerprint density at radius 1 is 1.00 bits per heavy atom. The van der Waals surface area contributed by atoms with Gasteiger partial charge in [0.05, 0.1) is 12.5 Å². The van der Waals surface area contributed by atoms with Crippen molar-refractivity contribution in [2.75, 3.05) is 13.2 Å². The van der Waals surface area contributed by atoms with Gasteiger partial charge in [-0.2, -0.15) is 0 Å². The van der Waals surface area contributed by atoms with Crippen LogP contribution in [-0.2, 0) is 30.2 Å². The first kappa shape index (κ1) is 22.1. The Kier molecular flexibility index (Phi) is 6.37. The molecule has 0 N–H and O–H groups in total. The van der Waals surface area contributed by atoms with Crippen molar-refractivity contribution < 1.29 is 33.3 Å². The molecule has 1 unspecified atom stereocenters. The lowest BCUT2D eigenvalue weighted by atomic mass is 9.93. The summed E-state index contributed by atoms with van der Waals surface area (Å²) < 4.78 is 28.0. The molecule has 1 atom stereocenters. The summed E-state index contributed by atoms with van der Waals surface area (Å²) in [6.07, 6.45) is 2.09. The smallest absolute Gasteiger partial charge is 0.376 e. The Labute approximate surface area is 187 Å². The highest BCUT2D eigenvalue weighted by molar-refractivity contribution is 5.68. The number of aryl methyl sites for hydroxylation is 1. The van der Waals surface area contributed by atoms with Crippen LogP contribution < -0.4 is 9.47 Å². The van der Waals surface area contributed by atoms with Crippen LogP contribution in [0.1, 0.15) is 61.5 Å². The highest BCUT2D eigenvalue weighted by atomic mass is 16.9. The van der Waals surface area contributed by atoms with E-state index in [-0.39, 0.29) is 6.10 Å². The maximum atomic E-state index is 11.6. The Morgan fingerprint density at radius 3 is 2.44 bits per heavy atom. The lowest BCUT2D eigenvalue weighted by Crippen LogP contribution is -2.45. The van der Waals surface area contributed by atoms with Gasteiger partial charge in [0.2, 0.25) is 0 Å². The van der Waals surface area contributed by atoms with E-state index in [1.807, 2.05) is 24.3 Å². The van der Waals surface area contributed by atoms with Crippen molar-refractivity contribution in [3.8, 4) is 11.5 Å². The molecular weight excluding hydrogens is 412 g/mol. The highest BCUT2D eigenvalue weighted by Crippen LogP contribution is 2.40. The van der Waals surface area contributed by atoms with Crippen LogP contribution in [0.2, 0.25) is 0 Å². The maximum absolute atomic E-state index is 11.6. The number of fused-ring (bicyclic) bond motifs is 1. The van der Waals surface area contributed by atoms with Crippen molar-refractivity contribution in [1.29, 1.82) is 0 Å². The summed E-state index contributed by atoms with van der Waals surface area (Å²) in [5, 5.41) is 0. The molecule has 1 saturated heterocycles. The van der Waals surface area contributed by atoms with Crippen LogP contribution >= 0.6 is 0 Å². The van der Waals surface area contributed by atoms with Gasteiger partial charge in [-0.15, -0.1) is 0 Å². The SMILES string of the molecule is CC(=O)OC1(OC(C)=O)CCCC(c2ccc(C)c(Cc3ccc4c(c3)OCCO4)c2)O1. The average Bonchev–Trinajstić information content (AvgIpc) is 2.74. The van der Waals surface area contributed by atoms with Gasteiger partial charge in [0, 0.05) is 13.8 Å². The van der Waals surface area contributed by atoms with E-state index in [0.29, 0.717) is 26.1 Å². The molecule has 2 aromatic rings. The molecule has 4 rings (SSSR count). The van der Waals surface area contributed by atoms with Crippen molar-refractivity contribution in [2.45, 2.75) is 58.5 Å². The van der Waals surface area contributed by atoms with E-state index < -0.39 is 17.9 Å². The molecule has 7 nitrogen and oxygen atoms in total. The summed E-state index contributed by atoms with van der Waals surface area (Å²) in [6.45, 7) is 5.74. The van der Waals surface area contributed by atoms with Gasteiger partial charge in [0.15, 0.2) is 11.5 Å². The van der Waals surface area contributed by atoms with Crippen LogP contribution in [0.5, 0.6) is 11.5 Å². The highest BCUT2D eigenvalue weighted by Gasteiger charge is 2.44. The molecule has 0 aromatic heterocycles. The van der Waals surface area contributed by atoms with Gasteiger partial charge in [0.25, 0.3) is 0 Å². The molecule has 2 aliphatic heterocycles. The van der Waals surface area contributed by atoms with Crippen molar-refractivity contribution >= 4 is 11.9 Å². The first-order chi connectivity index (χ1) is 15.3. The fourth-order valence-corrected chi connectivity index (χ4v) is 4.18. The monoisotopic (exact) mass is 440 g/mol. The van der Waals surface area contributed by atoms with Gasteiger partial charge < -0.3 is 18.9 Å². The molecule has 0 radical (unpaired) electrons. The minimum Gasteiger partial charge on any atom is -0.486 e. The third kappa shape index (κ3) is 5.05. The van der Waals surface area contributed by atoms with E-state index >= 15 is 0 Å². The van der Waals surface area contributed by atoms with E-state index in [4.69, 9.17) is 23.7 Å². The van der Waals surface area contributed by atoms with Crippen LogP contribution in [0.15, 0.2) is 36.4 Å². The van der Waals surface area contributed by atoms with E-state index in [9.17, 15) is 9.59 Å². The summed E-state index contributed by atoms with van der Waals surface area (Å²) in [6, 6.07) is 12.2. The molecule has 0 saturated carbocycles. The molecule has 0 bridgehead atoms. The summed E-state index contributed by atoms with van der Waals surface area (Å²) in [5.74, 6) is -1.26. The lowest BCUT2D eigenvalue weighted by Gasteiger charge is -2.38. The fourth-order valence-electron chi connectivity index (χ4n) is 4.18. The molecular formula is C25H28O7. The van der Waals surface area contributed by atoms with Crippen molar-refractivity contribution in [2.24, 2.45) is 0 Å². The zero-order chi connectivity index (χ0) is 22.7. The number of carbonyl (C=O) groups excluding carboxylic acids is 2. The van der Waals surface area contributed by atoms with Crippen molar-refractivity contribution in [1.82, 2.24) is 0 Å². The molecule has 0 aliphatic carbocycles. The van der Waals surface area contributed by atoms with Crippen LogP contribution in [0, 0.1) is 6.92 Å². The molecule has 7 heteroatoms. The van der Waals surface area contributed by atoms with Crippen LogP contribution in [-0.4, -0.2) is 31.1 Å². The standard InChI is InChI=1S/C25H28O7/c1-16-6-8-20(22-5-4-10-25(32-22,30-17(2)26)31-18(3)27)15-21(16)13-19-7-9-23-24(14-19)29-12-11-28-23/h6-9,14-15,22H,4-5,10-13H2,1-3H3. The number of esters is 2. The van der Waals surface area contributed by atoms with E-state index in [1.54, 1.807) is 0 Å². The van der Waals surface area contributed by atoms with Gasteiger partial charge >= 0.3 is 17.9 Å². The predicted molar refractivity (Wildman–Crippen MR) is 115 cm³/mol. The zero-order valence-corrected chi connectivity index (χ0v) is 18.6. The van der Waals surface area contributed by atoms with Crippen LogP contribution in [0.3, 0.4) is 0 Å². The Hall–Kier alpha value is -3.06. The average molecular weight is 440 g/mol. The molecule has 2 aromatic carbocycles. The molecule has 1 fully saturated rings. The first-order valence-electron chi connectivity index (χ1n) is 10.9. The number of carbonyl (C=O) groups is 2. The lowest BCUT2D eigenvalue weighted by molar-refractivity contribution is -0.375. The number of hydrogen-bond acceptors (Lipinski definition) is 7. The summed E-state index contributed by atoms with van der Waals surface area (Å²) in [7, 11) is 0. The van der Waals surface area contributed by atoms with Crippen molar-refractivity contribution in [3.63, 3.8) is 0 Å². The number of hydrogen-bond donors (Lipinski definition) is 0. The fraction of sp³-hybridized carbons (Fsp3) is 0.440. The second kappa shape index (κ2) is 9.20. The van der Waals surface area contributed by atoms with E-state index in [0.717, 1.165) is 46.6 Å². The Bertz CT molecular complexity index is 997. The minimum atomic E-state index is -1.68. The second-order valence-electron chi connectivity index (χ2n) is 8.21. The normalized spacial score (nSPS) is 19.2. The molecule has 32 heavy (non-hydrogen) atoms. The third-order valence-electron chi connectivity index (χ3n) is 5.62. The largest absolute Gasteiger partial charge is 0.486 e. The maximum Gasteiger partial charge on any atom is 0.376 e. The Balaban J connectivity index is 1.56. The van der Waals surface area contributed by atoms with E-state index in [1.165, 1.54) is 13.8 Å². The molecule has 2 heterocycles. The van der Waals surface area contributed by atoms with Crippen LogP contribution in [0.25, 0.3) is 0 Å². The summed E-state index contributed by atoms with van der Waals surface area (Å²) in [4.78, 5) is 23.3. The van der Waals surface area contributed by atoms with Crippen LogP contribution in [0.4, 0.5) is 0 Å². The topological polar surface area (TPSA) is 80.3 Å². The van der Waals surface area contributed by atoms with Crippen molar-refractivity contribution in [3.05, 3.63) is 58.7 Å². The van der Waals surface area contributed by atoms with Gasteiger partial charge in [-0.05, 0) is 60.6 Å². The quantitative estimate of drug-likeness (QED) is 0.504. The van der Waals surface area contributed by atoms with Gasteiger partial charge in [0.1, 0.15) is 13.2 Å². The van der Waals surface area contributed by atoms with Gasteiger partial charge in [-0.3, -0.25) is 14.3 Å². The molecule has 2 aliphatic rings. The molecule has 0 amide bonds. The number of benzene rings is 2. The number of rotatable bonds is 5. The van der Waals surface area contributed by atoms with Gasteiger partial charge in [-0.1, -0.05) is 24.3 Å². The minimum absolute atomic E-state index is 0.304. The summed E-state index contributed by atoms with van der Waals surface area (Å²) >= 11 is 0.